The molecule has 1 aromatic heterocycles. The number of imidazole rings is 1. The number of hydrogen-bond acceptors (Lipinski definition) is 8. The molecule has 1 aliphatic heterocycles. The molecule has 176 valence electrons. The number of aromatic nitrogens is 2. The van der Waals surface area contributed by atoms with Crippen molar-refractivity contribution in [1.82, 2.24) is 9.97 Å². The summed E-state index contributed by atoms with van der Waals surface area (Å²) in [6.45, 7) is 1.46. The molecule has 0 spiro atoms. The lowest BCUT2D eigenvalue weighted by molar-refractivity contribution is -0.277. The van der Waals surface area contributed by atoms with Gasteiger partial charge in [0.1, 0.15) is 36.0 Å². The molecule has 9 nitrogen and oxygen atoms in total. The number of aliphatic hydroxyl groups excluding tert-OH is 4. The van der Waals surface area contributed by atoms with Crippen LogP contribution in [0.15, 0.2) is 48.5 Å². The molecule has 0 amide bonds. The summed E-state index contributed by atoms with van der Waals surface area (Å²) in [6.07, 6.45) is -6.63. The van der Waals surface area contributed by atoms with E-state index in [1.807, 2.05) is 62.3 Å². The summed E-state index contributed by atoms with van der Waals surface area (Å²) in [7, 11) is 4.00. The Morgan fingerprint density at radius 1 is 0.939 bits per heavy atom. The molecule has 5 atom stereocenters. The molecule has 2 aromatic carbocycles. The zero-order chi connectivity index (χ0) is 23.7. The van der Waals surface area contributed by atoms with Gasteiger partial charge in [0.25, 0.3) is 0 Å². The Kier molecular flexibility index (Phi) is 6.68. The molecule has 1 aliphatic rings. The smallest absolute Gasteiger partial charge is 0.229 e. The molecule has 1 fully saturated rings. The molecule has 33 heavy (non-hydrogen) atoms. The van der Waals surface area contributed by atoms with E-state index in [9.17, 15) is 20.4 Å². The van der Waals surface area contributed by atoms with Gasteiger partial charge in [-0.1, -0.05) is 12.1 Å². The third kappa shape index (κ3) is 4.73. The second kappa shape index (κ2) is 9.50. The first-order valence-corrected chi connectivity index (χ1v) is 10.7. The van der Waals surface area contributed by atoms with E-state index < -0.39 is 37.3 Å². The van der Waals surface area contributed by atoms with Crippen LogP contribution in [-0.4, -0.2) is 81.8 Å². The van der Waals surface area contributed by atoms with Crippen molar-refractivity contribution in [3.05, 3.63) is 54.2 Å². The van der Waals surface area contributed by atoms with Gasteiger partial charge in [0.2, 0.25) is 6.29 Å². The highest BCUT2D eigenvalue weighted by atomic mass is 16.7. The van der Waals surface area contributed by atoms with Crippen LogP contribution in [-0.2, 0) is 4.74 Å². The van der Waals surface area contributed by atoms with Gasteiger partial charge >= 0.3 is 0 Å². The van der Waals surface area contributed by atoms with Gasteiger partial charge in [-0.15, -0.1) is 0 Å². The van der Waals surface area contributed by atoms with E-state index in [1.54, 1.807) is 12.1 Å². The van der Waals surface area contributed by atoms with Gasteiger partial charge < -0.3 is 39.8 Å². The van der Waals surface area contributed by atoms with Crippen molar-refractivity contribution in [1.29, 1.82) is 0 Å². The summed E-state index contributed by atoms with van der Waals surface area (Å²) in [6, 6.07) is 15.2. The predicted octanol–water partition coefficient (Wildman–Crippen LogP) is 1.30. The minimum Gasteiger partial charge on any atom is -0.462 e. The lowest BCUT2D eigenvalue weighted by Crippen LogP contribution is -2.60. The van der Waals surface area contributed by atoms with Crippen LogP contribution in [0, 0.1) is 6.92 Å². The maximum atomic E-state index is 10.1. The maximum absolute atomic E-state index is 10.1. The molecule has 3 aromatic rings. The summed E-state index contributed by atoms with van der Waals surface area (Å²) < 4.78 is 11.0. The van der Waals surface area contributed by atoms with Crippen molar-refractivity contribution in [3.63, 3.8) is 0 Å². The van der Waals surface area contributed by atoms with Gasteiger partial charge in [-0.25, -0.2) is 4.98 Å². The van der Waals surface area contributed by atoms with Gasteiger partial charge in [-0.2, -0.15) is 0 Å². The summed E-state index contributed by atoms with van der Waals surface area (Å²) in [5, 5.41) is 39.3. The number of aryl methyl sites for hydroxylation is 1. The van der Waals surface area contributed by atoms with Crippen LogP contribution in [0.1, 0.15) is 5.69 Å². The maximum Gasteiger partial charge on any atom is 0.229 e. The lowest BCUT2D eigenvalue weighted by Gasteiger charge is -2.39. The summed E-state index contributed by atoms with van der Waals surface area (Å²) in [4.78, 5) is 10.1. The van der Waals surface area contributed by atoms with E-state index in [0.717, 1.165) is 28.2 Å². The van der Waals surface area contributed by atoms with Crippen LogP contribution in [0.5, 0.6) is 5.75 Å². The highest BCUT2D eigenvalue weighted by molar-refractivity contribution is 5.69. The fraction of sp³-hybridized carbons (Fsp3) is 0.375. The van der Waals surface area contributed by atoms with Gasteiger partial charge in [0.15, 0.2) is 0 Å². The zero-order valence-corrected chi connectivity index (χ0v) is 18.7. The first-order chi connectivity index (χ1) is 15.8. The molecule has 5 N–H and O–H groups in total. The topological polar surface area (TPSA) is 131 Å². The highest BCUT2D eigenvalue weighted by Crippen LogP contribution is 2.29. The fourth-order valence-corrected chi connectivity index (χ4v) is 3.79. The first-order valence-electron chi connectivity index (χ1n) is 10.7. The van der Waals surface area contributed by atoms with Crippen LogP contribution >= 0.6 is 0 Å². The number of H-pyrrole nitrogens is 1. The Labute approximate surface area is 191 Å². The van der Waals surface area contributed by atoms with Crippen molar-refractivity contribution in [3.8, 4) is 28.4 Å². The molecular formula is C24H29N3O6. The van der Waals surface area contributed by atoms with Crippen LogP contribution in [0.2, 0.25) is 0 Å². The third-order valence-electron chi connectivity index (χ3n) is 5.77. The first kappa shape index (κ1) is 23.2. The number of ether oxygens (including phenoxy) is 2. The molecule has 1 saturated heterocycles. The Bertz CT molecular complexity index is 1060. The number of nitrogens with zero attached hydrogens (tertiary/aromatic N) is 2. The molecule has 0 aliphatic carbocycles. The number of benzene rings is 2. The second-order valence-corrected chi connectivity index (χ2v) is 8.34. The quantitative estimate of drug-likeness (QED) is 0.376. The number of hydrogen-bond donors (Lipinski definition) is 5. The minimum atomic E-state index is -1.49. The fourth-order valence-electron chi connectivity index (χ4n) is 3.79. The van der Waals surface area contributed by atoms with E-state index in [1.165, 1.54) is 0 Å². The summed E-state index contributed by atoms with van der Waals surface area (Å²) in [5.74, 6) is 1.10. The van der Waals surface area contributed by atoms with Gasteiger partial charge in [0, 0.05) is 36.6 Å². The van der Waals surface area contributed by atoms with E-state index in [0.29, 0.717) is 11.6 Å². The number of nitrogens with one attached hydrogen (secondary N) is 1. The Morgan fingerprint density at radius 3 is 2.18 bits per heavy atom. The summed E-state index contributed by atoms with van der Waals surface area (Å²) >= 11 is 0. The average Bonchev–Trinajstić information content (AvgIpc) is 3.21. The standard InChI is InChI=1S/C24H29N3O6/c1-13-19(14-4-8-16(9-5-14)27(2)3)26-23(25-13)15-6-10-17(11-7-15)32-24-22(31)21(30)20(29)18(12-28)33-24/h4-11,18,20-22,24,28-31H,12H2,1-3H3,(H,25,26)/t18-,20+,21+,22-,24-/m1/s1. The molecule has 2 heterocycles. The minimum absolute atomic E-state index is 0.394. The normalized spacial score (nSPS) is 25.1. The monoisotopic (exact) mass is 455 g/mol. The predicted molar refractivity (Wildman–Crippen MR) is 123 cm³/mol. The number of aliphatic hydroxyl groups is 4. The second-order valence-electron chi connectivity index (χ2n) is 8.34. The van der Waals surface area contributed by atoms with Crippen LogP contribution in [0.3, 0.4) is 0 Å². The third-order valence-corrected chi connectivity index (χ3v) is 5.77. The number of anilines is 1. The average molecular weight is 456 g/mol. The lowest BCUT2D eigenvalue weighted by atomic mass is 9.99. The van der Waals surface area contributed by atoms with Gasteiger partial charge in [-0.05, 0) is 43.3 Å². The van der Waals surface area contributed by atoms with Crippen LogP contribution in [0.4, 0.5) is 5.69 Å². The Hall–Kier alpha value is -2.95. The van der Waals surface area contributed by atoms with Crippen molar-refractivity contribution < 1.29 is 29.9 Å². The van der Waals surface area contributed by atoms with E-state index >= 15 is 0 Å². The largest absolute Gasteiger partial charge is 0.462 e. The number of aromatic amines is 1. The Balaban J connectivity index is 1.49. The van der Waals surface area contributed by atoms with Crippen molar-refractivity contribution in [2.75, 3.05) is 25.6 Å². The molecule has 0 bridgehead atoms. The van der Waals surface area contributed by atoms with Crippen molar-refractivity contribution in [2.24, 2.45) is 0 Å². The molecule has 0 unspecified atom stereocenters. The van der Waals surface area contributed by atoms with Crippen molar-refractivity contribution in [2.45, 2.75) is 37.6 Å². The SMILES string of the molecule is Cc1[nH]c(-c2ccc(O[C@@H]3O[C@H](CO)[C@H](O)[C@H](O)[C@H]3O)cc2)nc1-c1ccc(N(C)C)cc1. The van der Waals surface area contributed by atoms with E-state index in [-0.39, 0.29) is 0 Å². The van der Waals surface area contributed by atoms with E-state index in [4.69, 9.17) is 14.5 Å². The van der Waals surface area contributed by atoms with Gasteiger partial charge in [0.05, 0.1) is 12.3 Å². The van der Waals surface area contributed by atoms with E-state index in [2.05, 4.69) is 4.98 Å². The van der Waals surface area contributed by atoms with Crippen LogP contribution in [0.25, 0.3) is 22.6 Å². The highest BCUT2D eigenvalue weighted by Gasteiger charge is 2.44. The van der Waals surface area contributed by atoms with Crippen molar-refractivity contribution >= 4 is 5.69 Å². The van der Waals surface area contributed by atoms with Gasteiger partial charge in [-0.3, -0.25) is 0 Å². The molecule has 4 rings (SSSR count). The molecule has 9 heteroatoms. The molecule has 0 saturated carbocycles. The zero-order valence-electron chi connectivity index (χ0n) is 18.7. The summed E-state index contributed by atoms with van der Waals surface area (Å²) in [5.41, 5.74) is 4.79. The van der Waals surface area contributed by atoms with Crippen LogP contribution < -0.4 is 9.64 Å². The molecule has 0 radical (unpaired) electrons. The Morgan fingerprint density at radius 2 is 1.58 bits per heavy atom. The molecular weight excluding hydrogens is 426 g/mol. The number of rotatable bonds is 6.